The first-order chi connectivity index (χ1) is 19.9. The van der Waals surface area contributed by atoms with Gasteiger partial charge in [0.1, 0.15) is 12.2 Å². The van der Waals surface area contributed by atoms with Gasteiger partial charge in [0.05, 0.1) is 27.8 Å². The minimum absolute atomic E-state index is 0.266. The molecular weight excluding hydrogens is 676 g/mol. The van der Waals surface area contributed by atoms with E-state index in [1.807, 2.05) is 36.4 Å². The molecule has 0 aliphatic carbocycles. The molecule has 4 aromatic carbocycles. The second-order valence-electron chi connectivity index (χ2n) is 9.06. The summed E-state index contributed by atoms with van der Waals surface area (Å²) in [6.07, 6.45) is 1.58. The number of hydrogen-bond donors (Lipinski definition) is 0. The summed E-state index contributed by atoms with van der Waals surface area (Å²) < 4.78 is 19.8. The van der Waals surface area contributed by atoms with Crippen LogP contribution in [0.3, 0.4) is 0 Å². The highest BCUT2D eigenvalue weighted by Crippen LogP contribution is 2.34. The molecule has 6 rings (SSSR count). The van der Waals surface area contributed by atoms with Crippen LogP contribution in [0, 0.1) is 3.57 Å². The zero-order chi connectivity index (χ0) is 28.5. The lowest BCUT2D eigenvalue weighted by molar-refractivity contribution is 0.282. The van der Waals surface area contributed by atoms with E-state index in [-0.39, 0.29) is 11.4 Å². The average molecular weight is 696 g/mol. The van der Waals surface area contributed by atoms with E-state index in [1.165, 1.54) is 4.68 Å². The SMILES string of the molecule is COc1cc(C=Nn2c(-c3cc4cc(Cl)ccc4o3)nc3ccccc3c2=O)cc(I)c1OCc1ccc(Cl)cc1. The fourth-order valence-electron chi connectivity index (χ4n) is 4.33. The van der Waals surface area contributed by atoms with Crippen LogP contribution in [0.15, 0.2) is 99.2 Å². The van der Waals surface area contributed by atoms with Gasteiger partial charge in [-0.25, -0.2) is 4.98 Å². The summed E-state index contributed by atoms with van der Waals surface area (Å²) in [5.74, 6) is 1.79. The molecule has 0 unspecified atom stereocenters. The Morgan fingerprint density at radius 3 is 2.59 bits per heavy atom. The molecule has 6 aromatic rings. The number of hydrogen-bond acceptors (Lipinski definition) is 6. The zero-order valence-electron chi connectivity index (χ0n) is 21.5. The minimum Gasteiger partial charge on any atom is -0.493 e. The monoisotopic (exact) mass is 695 g/mol. The van der Waals surface area contributed by atoms with Gasteiger partial charge in [0.25, 0.3) is 5.56 Å². The maximum atomic E-state index is 13.6. The van der Waals surface area contributed by atoms with Gasteiger partial charge < -0.3 is 13.9 Å². The molecule has 2 aromatic heterocycles. The molecule has 0 aliphatic heterocycles. The van der Waals surface area contributed by atoms with E-state index in [2.05, 4.69) is 27.7 Å². The number of benzene rings is 4. The number of nitrogens with zero attached hydrogens (tertiary/aromatic N) is 3. The molecule has 0 N–H and O–H groups in total. The predicted octanol–water partition coefficient (Wildman–Crippen LogP) is 8.19. The smallest absolute Gasteiger partial charge is 0.282 e. The molecule has 0 aliphatic rings. The maximum absolute atomic E-state index is 13.6. The normalized spacial score (nSPS) is 11.5. The van der Waals surface area contributed by atoms with E-state index >= 15 is 0 Å². The van der Waals surface area contributed by atoms with E-state index in [0.717, 1.165) is 14.5 Å². The van der Waals surface area contributed by atoms with Crippen molar-refractivity contribution in [1.29, 1.82) is 0 Å². The van der Waals surface area contributed by atoms with Crippen molar-refractivity contribution in [2.24, 2.45) is 5.10 Å². The third-order valence-corrected chi connectivity index (χ3v) is 7.61. The van der Waals surface area contributed by atoms with Crippen molar-refractivity contribution in [2.75, 3.05) is 7.11 Å². The highest BCUT2D eigenvalue weighted by atomic mass is 127. The van der Waals surface area contributed by atoms with E-state index in [1.54, 1.807) is 61.9 Å². The van der Waals surface area contributed by atoms with Crippen LogP contribution in [0.1, 0.15) is 11.1 Å². The number of ether oxygens (including phenoxy) is 2. The fraction of sp³-hybridized carbons (Fsp3) is 0.0645. The van der Waals surface area contributed by atoms with Crippen molar-refractivity contribution in [1.82, 2.24) is 9.66 Å². The Balaban J connectivity index is 1.39. The van der Waals surface area contributed by atoms with Crippen LogP contribution < -0.4 is 15.0 Å². The minimum atomic E-state index is -0.329. The van der Waals surface area contributed by atoms with Gasteiger partial charge in [-0.2, -0.15) is 9.78 Å². The molecule has 0 amide bonds. The molecule has 0 saturated carbocycles. The van der Waals surface area contributed by atoms with Crippen molar-refractivity contribution >= 4 is 73.9 Å². The van der Waals surface area contributed by atoms with Gasteiger partial charge in [0.2, 0.25) is 5.82 Å². The number of fused-ring (bicyclic) bond motifs is 2. The Kier molecular flexibility index (Phi) is 7.70. The number of methoxy groups -OCH3 is 1. The average Bonchev–Trinajstić information content (AvgIpc) is 3.39. The quantitative estimate of drug-likeness (QED) is 0.124. The van der Waals surface area contributed by atoms with Crippen LogP contribution >= 0.6 is 45.8 Å². The summed E-state index contributed by atoms with van der Waals surface area (Å²) in [4.78, 5) is 18.3. The molecule has 0 atom stereocenters. The summed E-state index contributed by atoms with van der Waals surface area (Å²) in [5.41, 5.74) is 2.51. The summed E-state index contributed by atoms with van der Waals surface area (Å²) in [7, 11) is 1.57. The largest absolute Gasteiger partial charge is 0.493 e. The Hall–Kier alpha value is -3.86. The molecular formula is C31H20Cl2IN3O4. The molecule has 0 fully saturated rings. The second kappa shape index (κ2) is 11.6. The van der Waals surface area contributed by atoms with Crippen LogP contribution in [-0.4, -0.2) is 23.0 Å². The lowest BCUT2D eigenvalue weighted by Crippen LogP contribution is -2.20. The van der Waals surface area contributed by atoms with Gasteiger partial charge in [0.15, 0.2) is 17.3 Å². The van der Waals surface area contributed by atoms with E-state index < -0.39 is 0 Å². The molecule has 0 bridgehead atoms. The first-order valence-electron chi connectivity index (χ1n) is 12.4. The Morgan fingerprint density at radius 2 is 1.78 bits per heavy atom. The number of rotatable bonds is 7. The fourth-order valence-corrected chi connectivity index (χ4v) is 5.42. The molecule has 0 saturated heterocycles. The Bertz CT molecular complexity index is 2000. The Labute approximate surface area is 258 Å². The van der Waals surface area contributed by atoms with Crippen molar-refractivity contribution in [3.63, 3.8) is 0 Å². The number of furan rings is 1. The third-order valence-electron chi connectivity index (χ3n) is 6.32. The van der Waals surface area contributed by atoms with Crippen LogP contribution in [0.5, 0.6) is 11.5 Å². The second-order valence-corrected chi connectivity index (χ2v) is 11.1. The van der Waals surface area contributed by atoms with Crippen LogP contribution in [0.25, 0.3) is 33.5 Å². The highest BCUT2D eigenvalue weighted by molar-refractivity contribution is 14.1. The summed E-state index contributed by atoms with van der Waals surface area (Å²) in [5, 5.41) is 7.03. The van der Waals surface area contributed by atoms with Gasteiger partial charge in [-0.15, -0.1) is 0 Å². The lowest BCUT2D eigenvalue weighted by atomic mass is 10.2. The Morgan fingerprint density at radius 1 is 1.00 bits per heavy atom. The summed E-state index contributed by atoms with van der Waals surface area (Å²) in [6.45, 7) is 0.348. The van der Waals surface area contributed by atoms with E-state index in [4.69, 9.17) is 42.1 Å². The maximum Gasteiger partial charge on any atom is 0.282 e. The van der Waals surface area contributed by atoms with Crippen LogP contribution in [-0.2, 0) is 6.61 Å². The number of halogens is 3. The lowest BCUT2D eigenvalue weighted by Gasteiger charge is -2.14. The number of aromatic nitrogens is 2. The van der Waals surface area contributed by atoms with Gasteiger partial charge >= 0.3 is 0 Å². The van der Waals surface area contributed by atoms with Crippen LogP contribution in [0.4, 0.5) is 0 Å². The molecule has 41 heavy (non-hydrogen) atoms. The van der Waals surface area contributed by atoms with Crippen LogP contribution in [0.2, 0.25) is 10.0 Å². The summed E-state index contributed by atoms with van der Waals surface area (Å²) in [6, 6.07) is 25.4. The first-order valence-corrected chi connectivity index (χ1v) is 14.2. The van der Waals surface area contributed by atoms with E-state index in [0.29, 0.717) is 56.0 Å². The van der Waals surface area contributed by atoms with Gasteiger partial charge in [-0.05, 0) is 94.4 Å². The number of para-hydroxylation sites is 1. The molecule has 10 heteroatoms. The standard InChI is InChI=1S/C31H20Cl2IN3O4/c1-39-27-13-19(12-24(34)29(27)40-17-18-6-8-21(32)9-7-18)16-35-37-30(36-25-5-3-2-4-23(25)31(37)38)28-15-20-14-22(33)10-11-26(20)41-28/h2-16H,17H2,1H3. The summed E-state index contributed by atoms with van der Waals surface area (Å²) >= 11 is 14.3. The van der Waals surface area contributed by atoms with Gasteiger partial charge in [-0.1, -0.05) is 47.5 Å². The van der Waals surface area contributed by atoms with Gasteiger partial charge in [0, 0.05) is 15.4 Å². The van der Waals surface area contributed by atoms with Crippen molar-refractivity contribution in [2.45, 2.75) is 6.61 Å². The molecule has 204 valence electrons. The highest BCUT2D eigenvalue weighted by Gasteiger charge is 2.17. The predicted molar refractivity (Wildman–Crippen MR) is 171 cm³/mol. The zero-order valence-corrected chi connectivity index (χ0v) is 25.1. The van der Waals surface area contributed by atoms with E-state index in [9.17, 15) is 4.79 Å². The van der Waals surface area contributed by atoms with Crippen molar-refractivity contribution in [3.05, 3.63) is 120 Å². The van der Waals surface area contributed by atoms with Crippen molar-refractivity contribution in [3.8, 4) is 23.1 Å². The third kappa shape index (κ3) is 5.68. The van der Waals surface area contributed by atoms with Gasteiger partial charge in [-0.3, -0.25) is 4.79 Å². The van der Waals surface area contributed by atoms with Crippen molar-refractivity contribution < 1.29 is 13.9 Å². The topological polar surface area (TPSA) is 78.9 Å². The molecule has 7 nitrogen and oxygen atoms in total. The molecule has 2 heterocycles. The molecule has 0 radical (unpaired) electrons. The molecule has 0 spiro atoms. The first kappa shape index (κ1) is 27.3.